The van der Waals surface area contributed by atoms with Crippen LogP contribution >= 0.6 is 11.8 Å². The van der Waals surface area contributed by atoms with E-state index in [1.165, 1.54) is 11.3 Å². The Morgan fingerprint density at radius 3 is 2.65 bits per heavy atom. The van der Waals surface area contributed by atoms with Crippen molar-refractivity contribution in [1.29, 1.82) is 0 Å². The summed E-state index contributed by atoms with van der Waals surface area (Å²) in [6.45, 7) is 0.414. The van der Waals surface area contributed by atoms with Gasteiger partial charge in [0.1, 0.15) is 0 Å². The lowest BCUT2D eigenvalue weighted by molar-refractivity contribution is -0.000778. The Labute approximate surface area is 124 Å². The highest BCUT2D eigenvalue weighted by atomic mass is 32.2. The normalized spacial score (nSPS) is 35.0. The molecule has 1 aromatic rings. The predicted molar refractivity (Wildman–Crippen MR) is 79.8 cm³/mol. The zero-order valence-corrected chi connectivity index (χ0v) is 12.4. The predicted octanol–water partition coefficient (Wildman–Crippen LogP) is 2.46. The molecule has 2 N–H and O–H groups in total. The lowest BCUT2D eigenvalue weighted by atomic mass is 10.1. The van der Waals surface area contributed by atoms with E-state index in [-0.39, 0.29) is 30.2 Å². The van der Waals surface area contributed by atoms with Crippen molar-refractivity contribution >= 4 is 11.8 Å². The van der Waals surface area contributed by atoms with Crippen LogP contribution in [0.5, 0.6) is 0 Å². The molecule has 4 atom stereocenters. The van der Waals surface area contributed by atoms with E-state index in [1.807, 2.05) is 17.8 Å². The van der Waals surface area contributed by atoms with E-state index in [2.05, 4.69) is 24.3 Å². The summed E-state index contributed by atoms with van der Waals surface area (Å²) in [6, 6.07) is 10.5. The Balaban J connectivity index is 1.71. The molecule has 110 valence electrons. The van der Waals surface area contributed by atoms with Gasteiger partial charge < -0.3 is 14.9 Å². The van der Waals surface area contributed by atoms with Crippen molar-refractivity contribution in [2.45, 2.75) is 47.5 Å². The molecule has 20 heavy (non-hydrogen) atoms. The number of thioether (sulfide) groups is 1. The molecule has 0 bridgehead atoms. The molecule has 4 heteroatoms. The van der Waals surface area contributed by atoms with Crippen molar-refractivity contribution in [3.63, 3.8) is 0 Å². The van der Waals surface area contributed by atoms with Crippen molar-refractivity contribution in [2.75, 3.05) is 13.2 Å². The van der Waals surface area contributed by atoms with Crippen molar-refractivity contribution in [2.24, 2.45) is 5.92 Å². The third kappa shape index (κ3) is 2.62. The van der Waals surface area contributed by atoms with E-state index in [0.717, 1.165) is 12.8 Å². The highest BCUT2D eigenvalue weighted by Gasteiger charge is 2.68. The molecule has 0 spiro atoms. The number of hydrogen-bond acceptors (Lipinski definition) is 4. The zero-order chi connectivity index (χ0) is 14.0. The van der Waals surface area contributed by atoms with Gasteiger partial charge in [-0.15, -0.1) is 11.8 Å². The fourth-order valence-corrected chi connectivity index (χ4v) is 5.01. The zero-order valence-electron chi connectivity index (χ0n) is 11.6. The van der Waals surface area contributed by atoms with E-state index in [4.69, 9.17) is 9.84 Å². The molecular formula is C16H22O3S. The van der Waals surface area contributed by atoms with Gasteiger partial charge >= 0.3 is 0 Å². The molecule has 0 radical (unpaired) electrons. The summed E-state index contributed by atoms with van der Waals surface area (Å²) in [5, 5.41) is 18.3. The van der Waals surface area contributed by atoms with E-state index in [0.29, 0.717) is 12.3 Å². The minimum Gasteiger partial charge on any atom is -0.396 e. The highest BCUT2D eigenvalue weighted by molar-refractivity contribution is 8.01. The molecule has 0 unspecified atom stereocenters. The summed E-state index contributed by atoms with van der Waals surface area (Å²) >= 11 is 1.91. The van der Waals surface area contributed by atoms with Crippen LogP contribution in [0.25, 0.3) is 0 Å². The van der Waals surface area contributed by atoms with Gasteiger partial charge in [-0.1, -0.05) is 18.2 Å². The van der Waals surface area contributed by atoms with Crippen molar-refractivity contribution < 1.29 is 14.9 Å². The van der Waals surface area contributed by atoms with Gasteiger partial charge in [-0.05, 0) is 37.8 Å². The van der Waals surface area contributed by atoms with Crippen LogP contribution in [0.1, 0.15) is 25.7 Å². The summed E-state index contributed by atoms with van der Waals surface area (Å²) in [5.74, 6) is 0.579. The van der Waals surface area contributed by atoms with E-state index < -0.39 is 0 Å². The second kappa shape index (κ2) is 6.06. The van der Waals surface area contributed by atoms with Gasteiger partial charge in [-0.2, -0.15) is 0 Å². The maximum Gasteiger partial charge on any atom is 0.0754 e. The average Bonchev–Trinajstić information content (AvgIpc) is 3.12. The Morgan fingerprint density at radius 1 is 1.15 bits per heavy atom. The van der Waals surface area contributed by atoms with E-state index in [1.54, 1.807) is 0 Å². The Morgan fingerprint density at radius 2 is 1.95 bits per heavy atom. The van der Waals surface area contributed by atoms with Crippen LogP contribution in [0.4, 0.5) is 0 Å². The van der Waals surface area contributed by atoms with E-state index in [9.17, 15) is 5.11 Å². The minimum atomic E-state index is 0.145. The summed E-state index contributed by atoms with van der Waals surface area (Å²) in [7, 11) is 0. The lowest BCUT2D eigenvalue weighted by Crippen LogP contribution is -2.26. The van der Waals surface area contributed by atoms with Gasteiger partial charge in [0.2, 0.25) is 0 Å². The van der Waals surface area contributed by atoms with Gasteiger partial charge in [0.15, 0.2) is 0 Å². The first-order valence-electron chi connectivity index (χ1n) is 7.41. The molecule has 1 aliphatic carbocycles. The molecule has 3 nitrogen and oxygen atoms in total. The molecule has 2 fully saturated rings. The fourth-order valence-electron chi connectivity index (χ4n) is 3.40. The molecule has 1 aromatic carbocycles. The minimum absolute atomic E-state index is 0.145. The number of ether oxygens (including phenoxy) is 1. The van der Waals surface area contributed by atoms with Crippen molar-refractivity contribution in [3.05, 3.63) is 30.3 Å². The highest BCUT2D eigenvalue weighted by Crippen LogP contribution is 2.67. The van der Waals surface area contributed by atoms with Crippen LogP contribution in [-0.2, 0) is 4.74 Å². The monoisotopic (exact) mass is 294 g/mol. The van der Waals surface area contributed by atoms with Crippen LogP contribution in [0.3, 0.4) is 0 Å². The lowest BCUT2D eigenvalue weighted by Gasteiger charge is -2.22. The maximum absolute atomic E-state index is 9.28. The van der Waals surface area contributed by atoms with E-state index >= 15 is 0 Å². The topological polar surface area (TPSA) is 49.7 Å². The molecule has 1 heterocycles. The number of aliphatic hydroxyl groups is 2. The summed E-state index contributed by atoms with van der Waals surface area (Å²) in [6.07, 6.45) is 4.03. The Bertz CT molecular complexity index is 439. The molecule has 1 aliphatic heterocycles. The third-order valence-corrected chi connectivity index (χ3v) is 6.05. The summed E-state index contributed by atoms with van der Waals surface area (Å²) in [5.41, 5.74) is 0. The third-order valence-electron chi connectivity index (χ3n) is 4.43. The first-order valence-corrected chi connectivity index (χ1v) is 8.23. The van der Waals surface area contributed by atoms with Crippen LogP contribution in [0.2, 0.25) is 0 Å². The van der Waals surface area contributed by atoms with Gasteiger partial charge in [0.25, 0.3) is 0 Å². The largest absolute Gasteiger partial charge is 0.396 e. The van der Waals surface area contributed by atoms with Gasteiger partial charge in [-0.3, -0.25) is 0 Å². The van der Waals surface area contributed by atoms with Gasteiger partial charge in [0, 0.05) is 24.0 Å². The Kier molecular flexibility index (Phi) is 4.36. The second-order valence-corrected chi connectivity index (χ2v) is 7.16. The number of aliphatic hydroxyl groups excluding tert-OH is 2. The number of rotatable bonds is 7. The second-order valence-electron chi connectivity index (χ2n) is 5.72. The van der Waals surface area contributed by atoms with Crippen molar-refractivity contribution in [3.8, 4) is 0 Å². The molecule has 0 amide bonds. The van der Waals surface area contributed by atoms with Crippen LogP contribution in [-0.4, -0.2) is 40.4 Å². The SMILES string of the molecule is OCCC[C@H]1O[C@@H](CCO)[C@]2(Sc3ccccc3)C[C@H]12. The summed E-state index contributed by atoms with van der Waals surface area (Å²) in [4.78, 5) is 1.28. The van der Waals surface area contributed by atoms with Gasteiger partial charge in [0.05, 0.1) is 17.0 Å². The molecule has 0 aromatic heterocycles. The molecule has 1 saturated heterocycles. The number of benzene rings is 1. The first-order chi connectivity index (χ1) is 9.80. The van der Waals surface area contributed by atoms with Gasteiger partial charge in [-0.25, -0.2) is 0 Å². The van der Waals surface area contributed by atoms with Crippen LogP contribution in [0.15, 0.2) is 35.2 Å². The standard InChI is InChI=1S/C16H22O3S/c17-9-4-7-14-13-11-16(13,15(19-14)8-10-18)20-12-5-2-1-3-6-12/h1-3,5-6,13-15,17-18H,4,7-11H2/t13-,14-,15+,16+/m1/s1. The molecule has 3 rings (SSSR count). The maximum atomic E-state index is 9.28. The molecular weight excluding hydrogens is 272 g/mol. The number of hydrogen-bond donors (Lipinski definition) is 2. The van der Waals surface area contributed by atoms with Crippen LogP contribution in [0, 0.1) is 5.92 Å². The van der Waals surface area contributed by atoms with Crippen molar-refractivity contribution in [1.82, 2.24) is 0 Å². The Hall–Kier alpha value is -0.550. The summed E-state index contributed by atoms with van der Waals surface area (Å²) < 4.78 is 6.31. The first kappa shape index (κ1) is 14.4. The molecule has 1 saturated carbocycles. The molecule has 2 aliphatic rings. The number of fused-ring (bicyclic) bond motifs is 1. The fraction of sp³-hybridized carbons (Fsp3) is 0.625. The smallest absolute Gasteiger partial charge is 0.0754 e. The quantitative estimate of drug-likeness (QED) is 0.811. The van der Waals surface area contributed by atoms with Crippen LogP contribution < -0.4 is 0 Å². The average molecular weight is 294 g/mol.